The normalized spacial score (nSPS) is 30.9. The van der Waals surface area contributed by atoms with Crippen LogP contribution in [0.1, 0.15) is 35.8 Å². The number of anilines is 1. The maximum atomic E-state index is 5.77. The molecule has 2 atom stereocenters. The molecule has 3 nitrogen and oxygen atoms in total. The number of nitrogens with zero attached hydrogens (tertiary/aromatic N) is 1. The minimum atomic E-state index is 0.640. The zero-order valence-corrected chi connectivity index (χ0v) is 8.94. The van der Waals surface area contributed by atoms with Crippen LogP contribution in [-0.4, -0.2) is 17.6 Å². The minimum Gasteiger partial charge on any atom is -0.375 e. The summed E-state index contributed by atoms with van der Waals surface area (Å²) in [5.41, 5.74) is 7.07. The quantitative estimate of drug-likeness (QED) is 0.681. The molecule has 3 N–H and O–H groups in total. The Bertz CT molecular complexity index is 347. The molecule has 1 aliphatic heterocycles. The minimum absolute atomic E-state index is 0.640. The topological polar surface area (TPSA) is 50.9 Å². The maximum absolute atomic E-state index is 5.77. The van der Waals surface area contributed by atoms with Gasteiger partial charge >= 0.3 is 0 Å². The molecule has 0 amide bonds. The van der Waals surface area contributed by atoms with E-state index in [9.17, 15) is 0 Å². The lowest BCUT2D eigenvalue weighted by Gasteiger charge is -2.35. The van der Waals surface area contributed by atoms with Gasteiger partial charge in [-0.1, -0.05) is 0 Å². The Morgan fingerprint density at radius 3 is 3.29 bits per heavy atom. The number of thiazole rings is 1. The number of nitrogens with two attached hydrogens (primary N) is 1. The molecule has 1 aromatic rings. The summed E-state index contributed by atoms with van der Waals surface area (Å²) < 4.78 is 0. The predicted molar refractivity (Wildman–Crippen MR) is 58.6 cm³/mol. The number of aryl methyl sites for hydroxylation is 1. The van der Waals surface area contributed by atoms with Crippen molar-refractivity contribution in [1.29, 1.82) is 0 Å². The molecule has 1 aromatic heterocycles. The molecule has 76 valence electrons. The van der Waals surface area contributed by atoms with Crippen molar-refractivity contribution in [1.82, 2.24) is 10.3 Å². The molecule has 1 fully saturated rings. The molecule has 2 aliphatic rings. The third-order valence-corrected chi connectivity index (χ3v) is 4.32. The first-order valence-corrected chi connectivity index (χ1v) is 6.14. The fourth-order valence-electron chi connectivity index (χ4n) is 2.72. The van der Waals surface area contributed by atoms with Crippen LogP contribution in [0.5, 0.6) is 0 Å². The van der Waals surface area contributed by atoms with Crippen LogP contribution in [0.3, 0.4) is 0 Å². The Hall–Kier alpha value is -0.610. The smallest absolute Gasteiger partial charge is 0.180 e. The van der Waals surface area contributed by atoms with Gasteiger partial charge in [0.15, 0.2) is 5.13 Å². The van der Waals surface area contributed by atoms with Crippen molar-refractivity contribution >= 4 is 16.5 Å². The SMILES string of the molecule is Nc1nc2c(s1)CC[C@H]1NCCC[C@H]21. The third-order valence-electron chi connectivity index (χ3n) is 3.36. The van der Waals surface area contributed by atoms with Gasteiger partial charge in [0.05, 0.1) is 5.69 Å². The molecule has 2 heterocycles. The van der Waals surface area contributed by atoms with Gasteiger partial charge in [0.1, 0.15) is 0 Å². The van der Waals surface area contributed by atoms with Crippen molar-refractivity contribution < 1.29 is 0 Å². The highest BCUT2D eigenvalue weighted by atomic mass is 32.1. The molecule has 0 unspecified atom stereocenters. The molecule has 4 heteroatoms. The monoisotopic (exact) mass is 209 g/mol. The zero-order chi connectivity index (χ0) is 9.54. The van der Waals surface area contributed by atoms with Gasteiger partial charge in [-0.05, 0) is 32.2 Å². The molecule has 0 saturated carbocycles. The largest absolute Gasteiger partial charge is 0.375 e. The van der Waals surface area contributed by atoms with Gasteiger partial charge in [-0.2, -0.15) is 0 Å². The number of nitrogen functional groups attached to an aromatic ring is 1. The molecule has 14 heavy (non-hydrogen) atoms. The second-order valence-electron chi connectivity index (χ2n) is 4.21. The molecule has 1 saturated heterocycles. The standard InChI is InChI=1S/C10H15N3S/c11-10-13-9-6-2-1-5-12-7(6)3-4-8(9)14-10/h6-7,12H,1-5H2,(H2,11,13)/t6-,7+/m0/s1. The zero-order valence-electron chi connectivity index (χ0n) is 8.12. The third kappa shape index (κ3) is 1.25. The van der Waals surface area contributed by atoms with E-state index in [4.69, 9.17) is 5.73 Å². The summed E-state index contributed by atoms with van der Waals surface area (Å²) in [6.45, 7) is 1.18. The summed E-state index contributed by atoms with van der Waals surface area (Å²) >= 11 is 1.68. The average molecular weight is 209 g/mol. The number of hydrogen-bond acceptors (Lipinski definition) is 4. The van der Waals surface area contributed by atoms with E-state index in [2.05, 4.69) is 10.3 Å². The Balaban J connectivity index is 1.98. The lowest BCUT2D eigenvalue weighted by molar-refractivity contribution is 0.316. The molecule has 0 bridgehead atoms. The Labute approximate surface area is 87.7 Å². The summed E-state index contributed by atoms with van der Waals surface area (Å²) in [5.74, 6) is 0.640. The lowest BCUT2D eigenvalue weighted by Crippen LogP contribution is -2.42. The summed E-state index contributed by atoms with van der Waals surface area (Å²) in [6, 6.07) is 0.665. The van der Waals surface area contributed by atoms with Crippen LogP contribution >= 0.6 is 11.3 Å². The van der Waals surface area contributed by atoms with E-state index in [0.29, 0.717) is 12.0 Å². The number of fused-ring (bicyclic) bond motifs is 3. The number of hydrogen-bond donors (Lipinski definition) is 2. The summed E-state index contributed by atoms with van der Waals surface area (Å²) in [6.07, 6.45) is 4.99. The Morgan fingerprint density at radius 2 is 2.36 bits per heavy atom. The second kappa shape index (κ2) is 3.21. The highest BCUT2D eigenvalue weighted by Crippen LogP contribution is 2.39. The van der Waals surface area contributed by atoms with E-state index < -0.39 is 0 Å². The van der Waals surface area contributed by atoms with Crippen LogP contribution in [0.25, 0.3) is 0 Å². The van der Waals surface area contributed by atoms with E-state index >= 15 is 0 Å². The molecular weight excluding hydrogens is 194 g/mol. The molecular formula is C10H15N3S. The molecule has 0 spiro atoms. The van der Waals surface area contributed by atoms with Gasteiger partial charge in [0.25, 0.3) is 0 Å². The van der Waals surface area contributed by atoms with Gasteiger partial charge in [-0.3, -0.25) is 0 Å². The van der Waals surface area contributed by atoms with Crippen molar-refractivity contribution in [2.24, 2.45) is 0 Å². The maximum Gasteiger partial charge on any atom is 0.180 e. The van der Waals surface area contributed by atoms with E-state index in [-0.39, 0.29) is 0 Å². The van der Waals surface area contributed by atoms with Crippen molar-refractivity contribution in [3.63, 3.8) is 0 Å². The Kier molecular flexibility index (Phi) is 1.99. The second-order valence-corrected chi connectivity index (χ2v) is 5.32. The number of nitrogens with one attached hydrogen (secondary N) is 1. The first-order chi connectivity index (χ1) is 6.84. The van der Waals surface area contributed by atoms with Gasteiger partial charge in [-0.25, -0.2) is 4.98 Å². The predicted octanol–water partition coefficient (Wildman–Crippen LogP) is 1.51. The summed E-state index contributed by atoms with van der Waals surface area (Å²) in [4.78, 5) is 5.93. The average Bonchev–Trinajstić information content (AvgIpc) is 2.59. The van der Waals surface area contributed by atoms with Crippen LogP contribution in [0.2, 0.25) is 0 Å². The fourth-order valence-corrected chi connectivity index (χ4v) is 3.64. The first-order valence-electron chi connectivity index (χ1n) is 5.33. The number of rotatable bonds is 0. The van der Waals surface area contributed by atoms with E-state index in [1.807, 2.05) is 0 Å². The Morgan fingerprint density at radius 1 is 1.43 bits per heavy atom. The fraction of sp³-hybridized carbons (Fsp3) is 0.700. The van der Waals surface area contributed by atoms with Crippen molar-refractivity contribution in [2.75, 3.05) is 12.3 Å². The molecule has 3 rings (SSSR count). The van der Waals surface area contributed by atoms with Crippen molar-refractivity contribution in [3.05, 3.63) is 10.6 Å². The van der Waals surface area contributed by atoms with Crippen LogP contribution in [0.15, 0.2) is 0 Å². The van der Waals surface area contributed by atoms with E-state index in [1.54, 1.807) is 11.3 Å². The van der Waals surface area contributed by atoms with Gasteiger partial charge < -0.3 is 11.1 Å². The molecule has 0 radical (unpaired) electrons. The van der Waals surface area contributed by atoms with Crippen LogP contribution in [0.4, 0.5) is 5.13 Å². The highest BCUT2D eigenvalue weighted by Gasteiger charge is 2.33. The van der Waals surface area contributed by atoms with E-state index in [0.717, 1.165) is 5.13 Å². The van der Waals surface area contributed by atoms with Gasteiger partial charge in [0, 0.05) is 16.8 Å². The van der Waals surface area contributed by atoms with Crippen LogP contribution in [0, 0.1) is 0 Å². The number of aromatic nitrogens is 1. The van der Waals surface area contributed by atoms with Crippen molar-refractivity contribution in [2.45, 2.75) is 37.6 Å². The van der Waals surface area contributed by atoms with Crippen LogP contribution in [-0.2, 0) is 6.42 Å². The van der Waals surface area contributed by atoms with Gasteiger partial charge in [-0.15, -0.1) is 11.3 Å². The number of piperidine rings is 1. The van der Waals surface area contributed by atoms with E-state index in [1.165, 1.54) is 42.8 Å². The first kappa shape index (κ1) is 8.68. The summed E-state index contributed by atoms with van der Waals surface area (Å²) in [5, 5.41) is 4.35. The molecule has 0 aromatic carbocycles. The lowest BCUT2D eigenvalue weighted by atomic mass is 9.81. The summed E-state index contributed by atoms with van der Waals surface area (Å²) in [7, 11) is 0. The molecule has 1 aliphatic carbocycles. The highest BCUT2D eigenvalue weighted by molar-refractivity contribution is 7.15. The van der Waals surface area contributed by atoms with Crippen LogP contribution < -0.4 is 11.1 Å². The van der Waals surface area contributed by atoms with Gasteiger partial charge in [0.2, 0.25) is 0 Å². The van der Waals surface area contributed by atoms with Crippen molar-refractivity contribution in [3.8, 4) is 0 Å².